The number of nitrogens with zero attached hydrogens (tertiary/aromatic N) is 1. The lowest BCUT2D eigenvalue weighted by Crippen LogP contribution is -1.99. The molecule has 13 heavy (non-hydrogen) atoms. The van der Waals surface area contributed by atoms with Crippen LogP contribution in [0.4, 0.5) is 8.78 Å². The maximum Gasteiger partial charge on any atom is 0.265 e. The van der Waals surface area contributed by atoms with Crippen molar-refractivity contribution in [2.75, 3.05) is 0 Å². The van der Waals surface area contributed by atoms with Crippen LogP contribution in [0.3, 0.4) is 0 Å². The number of aromatic nitrogens is 1. The average Bonchev–Trinajstić information content (AvgIpc) is 2.09. The Hall–Kier alpha value is 0.220. The average molecular weight is 362 g/mol. The van der Waals surface area contributed by atoms with Crippen molar-refractivity contribution in [2.24, 2.45) is 0 Å². The minimum atomic E-state index is -2.42. The van der Waals surface area contributed by atoms with E-state index in [1.165, 1.54) is 6.07 Å². The summed E-state index contributed by atoms with van der Waals surface area (Å²) in [5.74, 6) is 0. The van der Waals surface area contributed by atoms with Crippen LogP contribution in [0.25, 0.3) is 0 Å². The number of halogens is 4. The van der Waals surface area contributed by atoms with E-state index < -0.39 is 6.43 Å². The van der Waals surface area contributed by atoms with Crippen molar-refractivity contribution in [1.82, 2.24) is 4.98 Å². The molecule has 0 bridgehead atoms. The molecule has 1 aromatic rings. The first-order chi connectivity index (χ1) is 6.06. The van der Waals surface area contributed by atoms with Gasteiger partial charge in [0.1, 0.15) is 0 Å². The Balaban J connectivity index is 3.25. The first-order valence-electron chi connectivity index (χ1n) is 3.56. The van der Waals surface area contributed by atoms with Crippen LogP contribution >= 0.6 is 38.5 Å². The minimum absolute atomic E-state index is 0.0718. The van der Waals surface area contributed by atoms with Gasteiger partial charge in [-0.2, -0.15) is 0 Å². The van der Waals surface area contributed by atoms with E-state index in [0.717, 1.165) is 0 Å². The molecule has 0 aliphatic heterocycles. The third-order valence-corrected chi connectivity index (χ3v) is 3.55. The predicted molar refractivity (Wildman–Crippen MR) is 59.3 cm³/mol. The summed E-state index contributed by atoms with van der Waals surface area (Å²) in [4.78, 5) is 4.15. The second kappa shape index (κ2) is 4.63. The molecule has 1 heterocycles. The fourth-order valence-electron chi connectivity index (χ4n) is 0.976. The van der Waals surface area contributed by atoms with Gasteiger partial charge in [-0.05, 0) is 35.6 Å². The highest BCUT2D eigenvalue weighted by Gasteiger charge is 2.14. The van der Waals surface area contributed by atoms with Crippen LogP contribution in [0.5, 0.6) is 0 Å². The van der Waals surface area contributed by atoms with E-state index in [0.29, 0.717) is 20.3 Å². The van der Waals surface area contributed by atoms with Gasteiger partial charge in [-0.3, -0.25) is 4.98 Å². The van der Waals surface area contributed by atoms with E-state index in [-0.39, 0.29) is 5.56 Å². The lowest BCUT2D eigenvalue weighted by molar-refractivity contribution is 0.150. The van der Waals surface area contributed by atoms with Gasteiger partial charge < -0.3 is 0 Å². The summed E-state index contributed by atoms with van der Waals surface area (Å²) in [7, 11) is 0. The topological polar surface area (TPSA) is 12.9 Å². The molecule has 0 spiro atoms. The first-order valence-corrected chi connectivity index (χ1v) is 5.76. The SMILES string of the molecule is Cc1nc(CBr)cc(C(F)F)c1I. The lowest BCUT2D eigenvalue weighted by Gasteiger charge is -2.07. The van der Waals surface area contributed by atoms with E-state index in [2.05, 4.69) is 20.9 Å². The smallest absolute Gasteiger partial charge is 0.256 e. The summed E-state index contributed by atoms with van der Waals surface area (Å²) in [6.07, 6.45) is -2.42. The number of aryl methyl sites for hydroxylation is 1. The van der Waals surface area contributed by atoms with Crippen molar-refractivity contribution >= 4 is 38.5 Å². The third kappa shape index (κ3) is 2.59. The summed E-state index contributed by atoms with van der Waals surface area (Å²) < 4.78 is 25.5. The number of hydrogen-bond donors (Lipinski definition) is 0. The Morgan fingerprint density at radius 2 is 2.23 bits per heavy atom. The van der Waals surface area contributed by atoms with Gasteiger partial charge in [0.15, 0.2) is 0 Å². The van der Waals surface area contributed by atoms with Gasteiger partial charge in [0.25, 0.3) is 6.43 Å². The zero-order valence-electron chi connectivity index (χ0n) is 6.82. The van der Waals surface area contributed by atoms with Crippen molar-refractivity contribution in [1.29, 1.82) is 0 Å². The van der Waals surface area contributed by atoms with Crippen LogP contribution < -0.4 is 0 Å². The molecule has 0 aliphatic rings. The van der Waals surface area contributed by atoms with E-state index in [1.54, 1.807) is 6.92 Å². The summed E-state index contributed by atoms with van der Waals surface area (Å²) >= 11 is 5.08. The zero-order chi connectivity index (χ0) is 10.0. The first kappa shape index (κ1) is 11.3. The van der Waals surface area contributed by atoms with Crippen LogP contribution in [0, 0.1) is 10.5 Å². The normalized spacial score (nSPS) is 10.9. The van der Waals surface area contributed by atoms with Gasteiger partial charge >= 0.3 is 0 Å². The van der Waals surface area contributed by atoms with Crippen LogP contribution in [0.1, 0.15) is 23.4 Å². The summed E-state index contributed by atoms with van der Waals surface area (Å²) in [5, 5.41) is 0.504. The summed E-state index contributed by atoms with van der Waals surface area (Å²) in [6, 6.07) is 1.44. The fourth-order valence-corrected chi connectivity index (χ4v) is 1.77. The molecule has 1 aromatic heterocycles. The Kier molecular flexibility index (Phi) is 4.03. The van der Waals surface area contributed by atoms with E-state index in [9.17, 15) is 8.78 Å². The molecule has 72 valence electrons. The lowest BCUT2D eigenvalue weighted by atomic mass is 10.2. The van der Waals surface area contributed by atoms with E-state index >= 15 is 0 Å². The monoisotopic (exact) mass is 361 g/mol. The largest absolute Gasteiger partial charge is 0.265 e. The molecule has 1 rings (SSSR count). The van der Waals surface area contributed by atoms with Gasteiger partial charge in [0.2, 0.25) is 0 Å². The second-order valence-electron chi connectivity index (χ2n) is 2.54. The molecule has 0 amide bonds. The van der Waals surface area contributed by atoms with Gasteiger partial charge in [0, 0.05) is 14.5 Å². The number of hydrogen-bond acceptors (Lipinski definition) is 1. The van der Waals surface area contributed by atoms with Crippen molar-refractivity contribution in [3.05, 3.63) is 26.6 Å². The van der Waals surface area contributed by atoms with Crippen LogP contribution in [0.2, 0.25) is 0 Å². The Morgan fingerprint density at radius 3 is 2.69 bits per heavy atom. The highest BCUT2D eigenvalue weighted by Crippen LogP contribution is 2.27. The highest BCUT2D eigenvalue weighted by molar-refractivity contribution is 14.1. The van der Waals surface area contributed by atoms with Crippen molar-refractivity contribution < 1.29 is 8.78 Å². The van der Waals surface area contributed by atoms with Crippen LogP contribution in [-0.4, -0.2) is 4.98 Å². The number of rotatable bonds is 2. The Labute approximate surface area is 97.2 Å². The molecular weight excluding hydrogens is 355 g/mol. The van der Waals surface area contributed by atoms with Gasteiger partial charge in [-0.25, -0.2) is 8.78 Å². The standard InChI is InChI=1S/C8H7BrF2IN/c1-4-7(12)6(8(10)11)2-5(3-9)13-4/h2,8H,3H2,1H3. The molecule has 0 unspecified atom stereocenters. The van der Waals surface area contributed by atoms with Crippen LogP contribution in [0.15, 0.2) is 6.07 Å². The minimum Gasteiger partial charge on any atom is -0.256 e. The molecule has 0 N–H and O–H groups in total. The molecule has 0 radical (unpaired) electrons. The number of alkyl halides is 3. The highest BCUT2D eigenvalue weighted by atomic mass is 127. The van der Waals surface area contributed by atoms with Crippen LogP contribution in [-0.2, 0) is 5.33 Å². The molecule has 0 saturated heterocycles. The van der Waals surface area contributed by atoms with Gasteiger partial charge in [0.05, 0.1) is 11.4 Å². The number of pyridine rings is 1. The zero-order valence-corrected chi connectivity index (χ0v) is 10.6. The maximum atomic E-state index is 12.5. The Bertz CT molecular complexity index is 317. The molecule has 0 fully saturated rings. The molecule has 0 saturated carbocycles. The summed E-state index contributed by atoms with van der Waals surface area (Å²) in [6.45, 7) is 1.74. The van der Waals surface area contributed by atoms with Gasteiger partial charge in [-0.15, -0.1) is 0 Å². The molecular formula is C8H7BrF2IN. The molecule has 0 aromatic carbocycles. The predicted octanol–water partition coefficient (Wildman–Crippen LogP) is 3.83. The maximum absolute atomic E-state index is 12.5. The second-order valence-corrected chi connectivity index (χ2v) is 4.18. The van der Waals surface area contributed by atoms with Gasteiger partial charge in [-0.1, -0.05) is 15.9 Å². The quantitative estimate of drug-likeness (QED) is 0.576. The van der Waals surface area contributed by atoms with Crippen molar-refractivity contribution in [3.8, 4) is 0 Å². The van der Waals surface area contributed by atoms with Crippen molar-refractivity contribution in [2.45, 2.75) is 18.7 Å². The third-order valence-electron chi connectivity index (χ3n) is 1.58. The molecule has 0 atom stereocenters. The van der Waals surface area contributed by atoms with Crippen molar-refractivity contribution in [3.63, 3.8) is 0 Å². The molecule has 5 heteroatoms. The molecule has 1 nitrogen and oxygen atoms in total. The molecule has 0 aliphatic carbocycles. The fraction of sp³-hybridized carbons (Fsp3) is 0.375. The van der Waals surface area contributed by atoms with E-state index in [4.69, 9.17) is 0 Å². The van der Waals surface area contributed by atoms with E-state index in [1.807, 2.05) is 22.6 Å². The Morgan fingerprint density at radius 1 is 1.62 bits per heavy atom. The summed E-state index contributed by atoms with van der Waals surface area (Å²) in [5.41, 5.74) is 1.38.